The molecule has 0 aliphatic rings. The molecule has 128 valence electrons. The van der Waals surface area contributed by atoms with E-state index in [1.54, 1.807) is 30.3 Å². The number of hydrogen-bond acceptors (Lipinski definition) is 3. The third kappa shape index (κ3) is 5.70. The van der Waals surface area contributed by atoms with Crippen LogP contribution in [0.3, 0.4) is 0 Å². The summed E-state index contributed by atoms with van der Waals surface area (Å²) in [5, 5.41) is 10.6. The van der Waals surface area contributed by atoms with Crippen LogP contribution in [0.4, 0.5) is 0 Å². The molecule has 0 aliphatic heterocycles. The van der Waals surface area contributed by atoms with Crippen LogP contribution in [0, 0.1) is 0 Å². The Morgan fingerprint density at radius 3 is 2.62 bits per heavy atom. The van der Waals surface area contributed by atoms with Gasteiger partial charge in [0.05, 0.1) is 19.1 Å². The van der Waals surface area contributed by atoms with E-state index in [0.29, 0.717) is 12.5 Å². The van der Waals surface area contributed by atoms with Crippen molar-refractivity contribution < 1.29 is 4.79 Å². The number of likely N-dealkylation sites (N-methyl/N-ethyl adjacent to an activating group) is 1. The Kier molecular flexibility index (Phi) is 6.81. The summed E-state index contributed by atoms with van der Waals surface area (Å²) in [4.78, 5) is 18.0. The third-order valence-corrected chi connectivity index (χ3v) is 4.29. The van der Waals surface area contributed by atoms with E-state index in [0.717, 1.165) is 5.56 Å². The zero-order valence-corrected chi connectivity index (χ0v) is 15.1. The molecule has 1 amide bonds. The Morgan fingerprint density at radius 2 is 2.00 bits per heavy atom. The van der Waals surface area contributed by atoms with Gasteiger partial charge in [0.2, 0.25) is 5.91 Å². The molecule has 0 spiro atoms. The summed E-state index contributed by atoms with van der Waals surface area (Å²) in [7, 11) is 3.48. The van der Waals surface area contributed by atoms with Gasteiger partial charge in [0.25, 0.3) is 0 Å². The molecule has 24 heavy (non-hydrogen) atoms. The van der Waals surface area contributed by atoms with Crippen LogP contribution in [-0.2, 0) is 11.3 Å². The average molecular weight is 344 g/mol. The Bertz CT molecular complexity index is 653. The van der Waals surface area contributed by atoms with Crippen molar-refractivity contribution in [2.75, 3.05) is 20.6 Å². The number of nitrogens with zero attached hydrogens (tertiary/aromatic N) is 2. The summed E-state index contributed by atoms with van der Waals surface area (Å²) < 4.78 is 0. The van der Waals surface area contributed by atoms with Gasteiger partial charge in [-0.05, 0) is 34.9 Å². The van der Waals surface area contributed by atoms with Gasteiger partial charge in [-0.3, -0.25) is 4.79 Å². The maximum absolute atomic E-state index is 11.8. The van der Waals surface area contributed by atoms with Gasteiger partial charge >= 0.3 is 0 Å². The molecule has 0 saturated carbocycles. The number of benzene rings is 1. The molecule has 0 bridgehead atoms. The highest BCUT2D eigenvalue weighted by atomic mass is 32.1. The number of aliphatic imine (C=N–C) groups is 1. The Morgan fingerprint density at radius 1 is 1.25 bits per heavy atom. The fraction of sp³-hybridized carbons (Fsp3) is 0.333. The second-order valence-electron chi connectivity index (χ2n) is 5.71. The Hall–Kier alpha value is -2.34. The first-order valence-corrected chi connectivity index (χ1v) is 8.81. The standard InChI is InChI=1S/C18H24N4OS/c1-14(16-7-5-4-6-8-16)21-18(20-12-17(23)22(2)3)19-11-15-9-10-24-13-15/h4-10,13-14H,11-12H2,1-3H3,(H2,19,20,21). The molecule has 0 radical (unpaired) electrons. The predicted octanol–water partition coefficient (Wildman–Crippen LogP) is 2.63. The number of carbonyl (C=O) groups excluding carboxylic acids is 1. The number of nitrogens with one attached hydrogen (secondary N) is 2. The molecule has 1 unspecified atom stereocenters. The lowest BCUT2D eigenvalue weighted by molar-refractivity contribution is -0.127. The number of thiophene rings is 1. The smallest absolute Gasteiger partial charge is 0.241 e. The van der Waals surface area contributed by atoms with Crippen LogP contribution in [-0.4, -0.2) is 37.4 Å². The van der Waals surface area contributed by atoms with Gasteiger partial charge in [0, 0.05) is 14.1 Å². The molecular formula is C18H24N4OS. The number of rotatable bonds is 6. The van der Waals surface area contributed by atoms with Gasteiger partial charge in [0.15, 0.2) is 5.96 Å². The van der Waals surface area contributed by atoms with Crippen LogP contribution in [0.1, 0.15) is 24.1 Å². The molecule has 2 N–H and O–H groups in total. The summed E-state index contributed by atoms with van der Waals surface area (Å²) in [6, 6.07) is 12.3. The number of guanidine groups is 1. The highest BCUT2D eigenvalue weighted by Crippen LogP contribution is 2.11. The molecule has 0 aliphatic carbocycles. The van der Waals surface area contributed by atoms with Crippen molar-refractivity contribution in [3.8, 4) is 0 Å². The number of amides is 1. The summed E-state index contributed by atoms with van der Waals surface area (Å²) >= 11 is 1.65. The van der Waals surface area contributed by atoms with Gasteiger partial charge in [-0.1, -0.05) is 30.3 Å². The van der Waals surface area contributed by atoms with Crippen LogP contribution in [0.15, 0.2) is 52.2 Å². The molecule has 0 saturated heterocycles. The van der Waals surface area contributed by atoms with Gasteiger partial charge in [-0.25, -0.2) is 4.99 Å². The minimum Gasteiger partial charge on any atom is -0.350 e. The molecule has 5 nitrogen and oxygen atoms in total. The molecular weight excluding hydrogens is 320 g/mol. The van der Waals surface area contributed by atoms with Crippen molar-refractivity contribution in [3.63, 3.8) is 0 Å². The summed E-state index contributed by atoms with van der Waals surface area (Å²) in [5.41, 5.74) is 2.33. The van der Waals surface area contributed by atoms with E-state index in [9.17, 15) is 4.79 Å². The largest absolute Gasteiger partial charge is 0.350 e. The molecule has 0 fully saturated rings. The number of carbonyl (C=O) groups is 1. The predicted molar refractivity (Wildman–Crippen MR) is 100 cm³/mol. The van der Waals surface area contributed by atoms with Crippen molar-refractivity contribution in [1.29, 1.82) is 0 Å². The maximum atomic E-state index is 11.8. The van der Waals surface area contributed by atoms with E-state index in [2.05, 4.69) is 46.1 Å². The Balaban J connectivity index is 2.03. The second kappa shape index (κ2) is 9.08. The summed E-state index contributed by atoms with van der Waals surface area (Å²) in [6.45, 7) is 2.87. The lowest BCUT2D eigenvalue weighted by atomic mass is 10.1. The number of hydrogen-bond donors (Lipinski definition) is 2. The second-order valence-corrected chi connectivity index (χ2v) is 6.49. The van der Waals surface area contributed by atoms with Gasteiger partial charge < -0.3 is 15.5 Å². The molecule has 1 atom stereocenters. The molecule has 2 aromatic rings. The van der Waals surface area contributed by atoms with Gasteiger partial charge in [-0.2, -0.15) is 11.3 Å². The Labute approximate surface area is 147 Å². The molecule has 1 aromatic heterocycles. The fourth-order valence-electron chi connectivity index (χ4n) is 2.05. The fourth-order valence-corrected chi connectivity index (χ4v) is 2.71. The van der Waals surface area contributed by atoms with Crippen molar-refractivity contribution >= 4 is 23.2 Å². The normalized spacial score (nSPS) is 12.5. The van der Waals surface area contributed by atoms with E-state index in [-0.39, 0.29) is 18.5 Å². The highest BCUT2D eigenvalue weighted by Gasteiger charge is 2.10. The van der Waals surface area contributed by atoms with Crippen molar-refractivity contribution in [3.05, 3.63) is 58.3 Å². The molecule has 6 heteroatoms. The summed E-state index contributed by atoms with van der Waals surface area (Å²) in [5.74, 6) is 0.639. The van der Waals surface area contributed by atoms with Crippen molar-refractivity contribution in [1.82, 2.24) is 15.5 Å². The van der Waals surface area contributed by atoms with Gasteiger partial charge in [-0.15, -0.1) is 0 Å². The lowest BCUT2D eigenvalue weighted by Crippen LogP contribution is -2.43. The summed E-state index contributed by atoms with van der Waals surface area (Å²) in [6.07, 6.45) is 0. The van der Waals surface area contributed by atoms with Crippen LogP contribution in [0.5, 0.6) is 0 Å². The van der Waals surface area contributed by atoms with Crippen LogP contribution in [0.2, 0.25) is 0 Å². The van der Waals surface area contributed by atoms with E-state index >= 15 is 0 Å². The van der Waals surface area contributed by atoms with Crippen LogP contribution < -0.4 is 10.6 Å². The van der Waals surface area contributed by atoms with E-state index in [4.69, 9.17) is 0 Å². The minimum absolute atomic E-state index is 0.00685. The average Bonchev–Trinajstić information content (AvgIpc) is 3.11. The lowest BCUT2D eigenvalue weighted by Gasteiger charge is -2.19. The van der Waals surface area contributed by atoms with E-state index in [1.807, 2.05) is 23.6 Å². The highest BCUT2D eigenvalue weighted by molar-refractivity contribution is 7.07. The van der Waals surface area contributed by atoms with E-state index in [1.165, 1.54) is 5.56 Å². The SMILES string of the molecule is CC(NC(=NCc1ccsc1)NCC(=O)N(C)C)c1ccccc1. The van der Waals surface area contributed by atoms with E-state index < -0.39 is 0 Å². The first kappa shape index (κ1) is 18.0. The topological polar surface area (TPSA) is 56.7 Å². The maximum Gasteiger partial charge on any atom is 0.241 e. The van der Waals surface area contributed by atoms with Crippen LogP contribution >= 0.6 is 11.3 Å². The zero-order valence-electron chi connectivity index (χ0n) is 14.3. The van der Waals surface area contributed by atoms with Gasteiger partial charge in [0.1, 0.15) is 0 Å². The molecule has 2 rings (SSSR count). The van der Waals surface area contributed by atoms with Crippen molar-refractivity contribution in [2.24, 2.45) is 4.99 Å². The monoisotopic (exact) mass is 344 g/mol. The third-order valence-electron chi connectivity index (χ3n) is 3.56. The molecule has 1 heterocycles. The quantitative estimate of drug-likeness (QED) is 0.626. The first-order chi connectivity index (χ1) is 11.6. The van der Waals surface area contributed by atoms with Crippen LogP contribution in [0.25, 0.3) is 0 Å². The minimum atomic E-state index is 0.00685. The molecule has 1 aromatic carbocycles. The first-order valence-electron chi connectivity index (χ1n) is 7.87. The zero-order chi connectivity index (χ0) is 17.4. The van der Waals surface area contributed by atoms with Crippen molar-refractivity contribution in [2.45, 2.75) is 19.5 Å².